The molecule has 0 fully saturated rings. The maximum atomic E-state index is 5.56. The van der Waals surface area contributed by atoms with Crippen LogP contribution in [0.5, 0.6) is 0 Å². The van der Waals surface area contributed by atoms with Gasteiger partial charge in [0.05, 0.1) is 28.2 Å². The average molecular weight is 819 g/mol. The number of aromatic nitrogens is 1. The first-order chi connectivity index (χ1) is 31.3. The zero-order chi connectivity index (χ0) is 41.5. The summed E-state index contributed by atoms with van der Waals surface area (Å²) < 4.78 is 2.63. The summed E-state index contributed by atoms with van der Waals surface area (Å²) in [6.45, 7) is 0. The lowest BCUT2D eigenvalue weighted by Gasteiger charge is -2.45. The van der Waals surface area contributed by atoms with Gasteiger partial charge in [-0.05, 0) is 104 Å². The summed E-state index contributed by atoms with van der Waals surface area (Å²) in [5.74, 6) is 0. The number of rotatable bonds is 5. The van der Waals surface area contributed by atoms with E-state index in [9.17, 15) is 0 Å². The number of anilines is 3. The van der Waals surface area contributed by atoms with Gasteiger partial charge >= 0.3 is 0 Å². The molecule has 0 atom stereocenters. The highest BCUT2D eigenvalue weighted by Crippen LogP contribution is 2.65. The molecule has 0 radical (unpaired) electrons. The Morgan fingerprint density at radius 2 is 0.952 bits per heavy atom. The van der Waals surface area contributed by atoms with E-state index in [4.69, 9.17) is 4.98 Å². The Bertz CT molecular complexity index is 3470. The first-order valence-corrected chi connectivity index (χ1v) is 22.4. The van der Waals surface area contributed by atoms with E-state index in [1.165, 1.54) is 76.1 Å². The van der Waals surface area contributed by atoms with Gasteiger partial charge in [-0.3, -0.25) is 0 Å². The van der Waals surface area contributed by atoms with E-state index in [1.54, 1.807) is 0 Å². The summed E-state index contributed by atoms with van der Waals surface area (Å²) in [4.78, 5) is 8.01. The van der Waals surface area contributed by atoms with Gasteiger partial charge in [0.2, 0.25) is 0 Å². The second kappa shape index (κ2) is 14.1. The predicted molar refractivity (Wildman–Crippen MR) is 264 cm³/mol. The number of pyridine rings is 1. The van der Waals surface area contributed by atoms with Gasteiger partial charge in [-0.1, -0.05) is 182 Å². The van der Waals surface area contributed by atoms with E-state index in [-0.39, 0.29) is 0 Å². The zero-order valence-electron chi connectivity index (χ0n) is 34.2. The van der Waals surface area contributed by atoms with Crippen LogP contribution < -0.4 is 4.90 Å². The molecule has 1 aliphatic carbocycles. The van der Waals surface area contributed by atoms with Gasteiger partial charge in [-0.15, -0.1) is 11.3 Å². The van der Waals surface area contributed by atoms with Crippen molar-refractivity contribution in [2.75, 3.05) is 4.90 Å². The van der Waals surface area contributed by atoms with Gasteiger partial charge in [-0.25, -0.2) is 4.98 Å². The van der Waals surface area contributed by atoms with Gasteiger partial charge in [-0.2, -0.15) is 0 Å². The summed E-state index contributed by atoms with van der Waals surface area (Å²) in [7, 11) is 0. The van der Waals surface area contributed by atoms with Crippen LogP contribution in [0.2, 0.25) is 0 Å². The summed E-state index contributed by atoms with van der Waals surface area (Å²) in [5.41, 5.74) is 19.3. The smallest absolute Gasteiger partial charge is 0.0754 e. The molecule has 2 aromatic heterocycles. The van der Waals surface area contributed by atoms with Crippen molar-refractivity contribution in [3.05, 3.63) is 253 Å². The van der Waals surface area contributed by atoms with E-state index in [2.05, 4.69) is 235 Å². The fraction of sp³-hybridized carbons (Fsp3) is 0.0167. The van der Waals surface area contributed by atoms with Crippen LogP contribution >= 0.6 is 11.3 Å². The Hall–Kier alpha value is -7.85. The molecule has 0 bridgehead atoms. The lowest BCUT2D eigenvalue weighted by atomic mass is 9.64. The van der Waals surface area contributed by atoms with Gasteiger partial charge in [0.25, 0.3) is 0 Å². The Labute approximate surface area is 370 Å². The van der Waals surface area contributed by atoms with Crippen LogP contribution in [0.4, 0.5) is 17.1 Å². The Morgan fingerprint density at radius 1 is 0.365 bits per heavy atom. The van der Waals surface area contributed by atoms with Crippen LogP contribution in [0.1, 0.15) is 22.3 Å². The van der Waals surface area contributed by atoms with Crippen molar-refractivity contribution >= 4 is 48.6 Å². The number of hydrogen-bond acceptors (Lipinski definition) is 3. The van der Waals surface area contributed by atoms with Crippen LogP contribution in [0.15, 0.2) is 231 Å². The predicted octanol–water partition coefficient (Wildman–Crippen LogP) is 16.3. The fourth-order valence-electron chi connectivity index (χ4n) is 10.6. The summed E-state index contributed by atoms with van der Waals surface area (Å²) in [6, 6.07) is 84.6. The summed E-state index contributed by atoms with van der Waals surface area (Å²) in [6.07, 6.45) is 0. The SMILES string of the molecule is c1ccc(-c2cc(-c3ccccc3)nc(-c3cccc4c3-c3cc(-c5cccc6c5sc5ccccc56)ccc3C43c4ccccc4N(c4ccccc4)c4ccccc43)c2)cc1. The molecule has 0 saturated heterocycles. The Morgan fingerprint density at radius 3 is 1.71 bits per heavy atom. The molecule has 63 heavy (non-hydrogen) atoms. The molecule has 13 rings (SSSR count). The highest BCUT2D eigenvalue weighted by Gasteiger charge is 2.52. The minimum Gasteiger partial charge on any atom is -0.310 e. The van der Waals surface area contributed by atoms with Gasteiger partial charge in [0.1, 0.15) is 0 Å². The number of fused-ring (bicyclic) bond motifs is 12. The van der Waals surface area contributed by atoms with Crippen LogP contribution in [-0.4, -0.2) is 4.98 Å². The first-order valence-electron chi connectivity index (χ1n) is 21.6. The van der Waals surface area contributed by atoms with Gasteiger partial charge in [0, 0.05) is 37.0 Å². The van der Waals surface area contributed by atoms with Crippen LogP contribution in [0, 0.1) is 0 Å². The van der Waals surface area contributed by atoms with Crippen molar-refractivity contribution in [2.45, 2.75) is 5.41 Å². The second-order valence-corrected chi connectivity index (χ2v) is 17.6. The normalized spacial score (nSPS) is 13.2. The summed E-state index contributed by atoms with van der Waals surface area (Å²) >= 11 is 1.89. The van der Waals surface area contributed by atoms with Crippen molar-refractivity contribution < 1.29 is 0 Å². The molecular weight excluding hydrogens is 781 g/mol. The van der Waals surface area contributed by atoms with Gasteiger partial charge < -0.3 is 4.90 Å². The first kappa shape index (κ1) is 35.9. The molecular formula is C60H38N2S. The highest BCUT2D eigenvalue weighted by molar-refractivity contribution is 7.26. The van der Waals surface area contributed by atoms with E-state index < -0.39 is 5.41 Å². The molecule has 1 aliphatic heterocycles. The third kappa shape index (κ3) is 5.33. The maximum absolute atomic E-state index is 5.56. The monoisotopic (exact) mass is 818 g/mol. The Balaban J connectivity index is 1.14. The van der Waals surface area contributed by atoms with Crippen LogP contribution in [0.3, 0.4) is 0 Å². The van der Waals surface area contributed by atoms with Crippen molar-refractivity contribution in [3.63, 3.8) is 0 Å². The third-order valence-electron chi connectivity index (χ3n) is 13.3. The maximum Gasteiger partial charge on any atom is 0.0754 e. The van der Waals surface area contributed by atoms with Crippen molar-refractivity contribution in [1.29, 1.82) is 0 Å². The number of hydrogen-bond donors (Lipinski definition) is 0. The zero-order valence-corrected chi connectivity index (χ0v) is 35.1. The minimum absolute atomic E-state index is 0.611. The second-order valence-electron chi connectivity index (χ2n) is 16.6. The molecule has 3 heteroatoms. The molecule has 0 saturated carbocycles. The number of para-hydroxylation sites is 3. The largest absolute Gasteiger partial charge is 0.310 e. The molecule has 0 amide bonds. The number of benzene rings is 9. The molecule has 0 N–H and O–H groups in total. The Kier molecular flexibility index (Phi) is 8.03. The highest BCUT2D eigenvalue weighted by atomic mass is 32.1. The van der Waals surface area contributed by atoms with Crippen LogP contribution in [-0.2, 0) is 5.41 Å². The van der Waals surface area contributed by atoms with E-state index in [1.807, 2.05) is 11.3 Å². The van der Waals surface area contributed by atoms with Crippen molar-refractivity contribution in [2.24, 2.45) is 0 Å². The number of nitrogens with zero attached hydrogens (tertiary/aromatic N) is 2. The molecule has 3 heterocycles. The van der Waals surface area contributed by atoms with E-state index in [0.717, 1.165) is 39.3 Å². The molecule has 2 nitrogen and oxygen atoms in total. The average Bonchev–Trinajstić information content (AvgIpc) is 3.89. The van der Waals surface area contributed by atoms with Crippen LogP contribution in [0.25, 0.3) is 76.1 Å². The summed E-state index contributed by atoms with van der Waals surface area (Å²) in [5, 5.41) is 2.61. The molecule has 2 aliphatic rings. The quantitative estimate of drug-likeness (QED) is 0.172. The minimum atomic E-state index is -0.611. The molecule has 0 unspecified atom stereocenters. The van der Waals surface area contributed by atoms with E-state index >= 15 is 0 Å². The number of thiophene rings is 1. The molecule has 1 spiro atoms. The lowest BCUT2D eigenvalue weighted by Crippen LogP contribution is -2.36. The van der Waals surface area contributed by atoms with Crippen molar-refractivity contribution in [3.8, 4) is 55.9 Å². The molecule has 9 aromatic carbocycles. The lowest BCUT2D eigenvalue weighted by molar-refractivity contribution is 0.753. The van der Waals surface area contributed by atoms with Crippen molar-refractivity contribution in [1.82, 2.24) is 4.98 Å². The van der Waals surface area contributed by atoms with E-state index in [0.29, 0.717) is 0 Å². The third-order valence-corrected chi connectivity index (χ3v) is 14.5. The van der Waals surface area contributed by atoms with Gasteiger partial charge in [0.15, 0.2) is 0 Å². The molecule has 11 aromatic rings. The standard InChI is InChI=1S/C60H38N2S/c1-4-18-39(19-5-1)42-37-53(40-20-6-2-7-21-40)61-54(38-42)47-27-17-30-52-58(47)48-36-41(44-25-16-26-46-45-24-10-15-33-57(45)63-59(44)46)34-35-49(48)60(52)50-28-11-13-31-55(50)62(43-22-8-3-9-23-43)56-32-14-12-29-51(56)60/h1-38H. The topological polar surface area (TPSA) is 16.1 Å². The fourth-order valence-corrected chi connectivity index (χ4v) is 11.9. The molecule has 294 valence electrons.